The van der Waals surface area contributed by atoms with Crippen LogP contribution in [0.2, 0.25) is 0 Å². The lowest BCUT2D eigenvalue weighted by molar-refractivity contribution is -0.120. The molecule has 9 heteroatoms. The number of benzene rings is 2. The molecule has 1 amide bonds. The molecule has 0 spiro atoms. The molecule has 0 saturated heterocycles. The van der Waals surface area contributed by atoms with Crippen molar-refractivity contribution in [3.63, 3.8) is 0 Å². The Kier molecular flexibility index (Phi) is 6.17. The number of fused-ring (bicyclic) bond motifs is 1. The standard InChI is InChI=1S/C20H24N2O6S/c1-14(15-7-8-18-19(11-15)28-10-9-27-18)21-20(23)13-22(29(3,24)25)16-5-4-6-17(12-16)26-2/h4-8,11-12,14H,9-10,13H2,1-3H3,(H,21,23)/t14-/m0/s1. The van der Waals surface area contributed by atoms with Crippen molar-refractivity contribution in [3.05, 3.63) is 48.0 Å². The molecule has 2 aromatic carbocycles. The van der Waals surface area contributed by atoms with Crippen LogP contribution in [0, 0.1) is 0 Å². The molecule has 8 nitrogen and oxygen atoms in total. The van der Waals surface area contributed by atoms with Crippen LogP contribution in [0.4, 0.5) is 5.69 Å². The minimum Gasteiger partial charge on any atom is -0.497 e. The zero-order chi connectivity index (χ0) is 21.0. The van der Waals surface area contributed by atoms with Gasteiger partial charge in [-0.05, 0) is 36.8 Å². The van der Waals surface area contributed by atoms with Gasteiger partial charge in [0.05, 0.1) is 25.1 Å². The van der Waals surface area contributed by atoms with E-state index in [9.17, 15) is 13.2 Å². The molecular formula is C20H24N2O6S. The van der Waals surface area contributed by atoms with Gasteiger partial charge in [0.25, 0.3) is 0 Å². The summed E-state index contributed by atoms with van der Waals surface area (Å²) in [5, 5.41) is 2.83. The van der Waals surface area contributed by atoms with Crippen LogP contribution in [-0.2, 0) is 14.8 Å². The molecule has 1 aliphatic heterocycles. The van der Waals surface area contributed by atoms with Gasteiger partial charge in [-0.25, -0.2) is 8.42 Å². The summed E-state index contributed by atoms with van der Waals surface area (Å²) >= 11 is 0. The third-order valence-corrected chi connectivity index (χ3v) is 5.61. The van der Waals surface area contributed by atoms with E-state index in [1.807, 2.05) is 19.1 Å². The summed E-state index contributed by atoms with van der Waals surface area (Å²) in [4.78, 5) is 12.6. The van der Waals surface area contributed by atoms with E-state index in [-0.39, 0.29) is 12.6 Å². The molecule has 2 aromatic rings. The lowest BCUT2D eigenvalue weighted by atomic mass is 10.1. The minimum atomic E-state index is -3.67. The molecule has 1 N–H and O–H groups in total. The average Bonchev–Trinajstić information content (AvgIpc) is 2.70. The van der Waals surface area contributed by atoms with Crippen molar-refractivity contribution >= 4 is 21.6 Å². The number of ether oxygens (including phenoxy) is 3. The predicted molar refractivity (Wildman–Crippen MR) is 109 cm³/mol. The van der Waals surface area contributed by atoms with Crippen molar-refractivity contribution in [2.24, 2.45) is 0 Å². The van der Waals surface area contributed by atoms with E-state index in [1.54, 1.807) is 30.3 Å². The molecule has 0 bridgehead atoms. The van der Waals surface area contributed by atoms with Crippen LogP contribution in [0.3, 0.4) is 0 Å². The number of amides is 1. The Morgan fingerprint density at radius 1 is 1.17 bits per heavy atom. The van der Waals surface area contributed by atoms with Crippen molar-refractivity contribution in [1.82, 2.24) is 5.32 Å². The van der Waals surface area contributed by atoms with Gasteiger partial charge in [0.2, 0.25) is 15.9 Å². The Hall–Kier alpha value is -2.94. The van der Waals surface area contributed by atoms with Gasteiger partial charge >= 0.3 is 0 Å². The fourth-order valence-corrected chi connectivity index (χ4v) is 3.84. The smallest absolute Gasteiger partial charge is 0.241 e. The van der Waals surface area contributed by atoms with Gasteiger partial charge in [-0.2, -0.15) is 0 Å². The molecule has 3 rings (SSSR count). The zero-order valence-electron chi connectivity index (χ0n) is 16.5. The number of nitrogens with one attached hydrogen (secondary N) is 1. The summed E-state index contributed by atoms with van der Waals surface area (Å²) in [7, 11) is -2.18. The van der Waals surface area contributed by atoms with Crippen LogP contribution in [0.1, 0.15) is 18.5 Å². The first-order valence-corrected chi connectivity index (χ1v) is 10.9. The number of rotatable bonds is 7. The Balaban J connectivity index is 1.73. The van der Waals surface area contributed by atoms with Crippen LogP contribution >= 0.6 is 0 Å². The van der Waals surface area contributed by atoms with E-state index in [1.165, 1.54) is 7.11 Å². The highest BCUT2D eigenvalue weighted by Crippen LogP contribution is 2.32. The van der Waals surface area contributed by atoms with Crippen LogP contribution < -0.4 is 23.8 Å². The van der Waals surface area contributed by atoms with Gasteiger partial charge in [-0.1, -0.05) is 12.1 Å². The summed E-state index contributed by atoms with van der Waals surface area (Å²) < 4.78 is 41.8. The second-order valence-corrected chi connectivity index (χ2v) is 8.57. The largest absolute Gasteiger partial charge is 0.497 e. The highest BCUT2D eigenvalue weighted by atomic mass is 32.2. The number of anilines is 1. The van der Waals surface area contributed by atoms with Crippen molar-refractivity contribution in [2.75, 3.05) is 37.4 Å². The number of carbonyl (C=O) groups is 1. The van der Waals surface area contributed by atoms with Gasteiger partial charge in [0.1, 0.15) is 25.5 Å². The molecule has 0 aliphatic carbocycles. The third kappa shape index (κ3) is 5.11. The number of nitrogens with zero attached hydrogens (tertiary/aromatic N) is 1. The number of hydrogen-bond acceptors (Lipinski definition) is 6. The zero-order valence-corrected chi connectivity index (χ0v) is 17.4. The molecular weight excluding hydrogens is 396 g/mol. The molecule has 156 valence electrons. The average molecular weight is 420 g/mol. The minimum absolute atomic E-state index is 0.343. The lowest BCUT2D eigenvalue weighted by Gasteiger charge is -2.24. The van der Waals surface area contributed by atoms with Gasteiger partial charge < -0.3 is 19.5 Å². The van der Waals surface area contributed by atoms with Crippen molar-refractivity contribution in [3.8, 4) is 17.2 Å². The maximum absolute atomic E-state index is 12.6. The van der Waals surface area contributed by atoms with Crippen molar-refractivity contribution in [2.45, 2.75) is 13.0 Å². The fraction of sp³-hybridized carbons (Fsp3) is 0.350. The van der Waals surface area contributed by atoms with Gasteiger partial charge in [0, 0.05) is 6.07 Å². The monoisotopic (exact) mass is 420 g/mol. The van der Waals surface area contributed by atoms with Crippen LogP contribution in [0.25, 0.3) is 0 Å². The van der Waals surface area contributed by atoms with Gasteiger partial charge in [0.15, 0.2) is 11.5 Å². The first kappa shape index (κ1) is 20.8. The molecule has 0 saturated carbocycles. The second-order valence-electron chi connectivity index (χ2n) is 6.66. The molecule has 0 aromatic heterocycles. The van der Waals surface area contributed by atoms with Crippen molar-refractivity contribution < 1.29 is 27.4 Å². The van der Waals surface area contributed by atoms with E-state index in [4.69, 9.17) is 14.2 Å². The van der Waals surface area contributed by atoms with Crippen LogP contribution in [0.5, 0.6) is 17.2 Å². The Bertz CT molecular complexity index is 992. The molecule has 0 radical (unpaired) electrons. The summed E-state index contributed by atoms with van der Waals surface area (Å²) in [5.41, 5.74) is 1.18. The number of carbonyl (C=O) groups excluding carboxylic acids is 1. The number of methoxy groups -OCH3 is 1. The normalized spacial score (nSPS) is 14.0. The van der Waals surface area contributed by atoms with Gasteiger partial charge in [-0.15, -0.1) is 0 Å². The maximum Gasteiger partial charge on any atom is 0.241 e. The maximum atomic E-state index is 12.6. The Morgan fingerprint density at radius 2 is 1.90 bits per heavy atom. The molecule has 0 unspecified atom stereocenters. The van der Waals surface area contributed by atoms with E-state index in [2.05, 4.69) is 5.32 Å². The number of hydrogen-bond donors (Lipinski definition) is 1. The van der Waals surface area contributed by atoms with E-state index < -0.39 is 15.9 Å². The highest BCUT2D eigenvalue weighted by Gasteiger charge is 2.23. The lowest BCUT2D eigenvalue weighted by Crippen LogP contribution is -2.41. The summed E-state index contributed by atoms with van der Waals surface area (Å²) in [6.45, 7) is 2.45. The number of sulfonamides is 1. The summed E-state index contributed by atoms with van der Waals surface area (Å²) in [6, 6.07) is 11.7. The quantitative estimate of drug-likeness (QED) is 0.737. The first-order chi connectivity index (χ1) is 13.8. The SMILES string of the molecule is COc1cccc(N(CC(=O)N[C@@H](C)c2ccc3c(c2)OCCO3)S(C)(=O)=O)c1. The third-order valence-electron chi connectivity index (χ3n) is 4.47. The van der Waals surface area contributed by atoms with E-state index in [0.29, 0.717) is 36.1 Å². The van der Waals surface area contributed by atoms with Crippen LogP contribution in [0.15, 0.2) is 42.5 Å². The van der Waals surface area contributed by atoms with Crippen LogP contribution in [-0.4, -0.2) is 47.4 Å². The molecule has 29 heavy (non-hydrogen) atoms. The van der Waals surface area contributed by atoms with Crippen molar-refractivity contribution in [1.29, 1.82) is 0 Å². The van der Waals surface area contributed by atoms with Gasteiger partial charge in [-0.3, -0.25) is 9.10 Å². The first-order valence-electron chi connectivity index (χ1n) is 9.08. The molecule has 1 atom stereocenters. The summed E-state index contributed by atoms with van der Waals surface area (Å²) in [6.07, 6.45) is 1.06. The second kappa shape index (κ2) is 8.60. The fourth-order valence-electron chi connectivity index (χ4n) is 3.00. The summed E-state index contributed by atoms with van der Waals surface area (Å²) in [5.74, 6) is 1.37. The highest BCUT2D eigenvalue weighted by molar-refractivity contribution is 7.92. The molecule has 1 heterocycles. The van der Waals surface area contributed by atoms with E-state index >= 15 is 0 Å². The van der Waals surface area contributed by atoms with E-state index in [0.717, 1.165) is 16.1 Å². The molecule has 0 fully saturated rings. The topological polar surface area (TPSA) is 94.2 Å². The molecule has 1 aliphatic rings. The Labute approximate surface area is 170 Å². The Morgan fingerprint density at radius 3 is 2.59 bits per heavy atom. The predicted octanol–water partition coefficient (Wildman–Crippen LogP) is 2.11.